The van der Waals surface area contributed by atoms with Gasteiger partial charge in [-0.3, -0.25) is 4.90 Å². The second-order valence-corrected chi connectivity index (χ2v) is 5.31. The molecule has 0 amide bonds. The van der Waals surface area contributed by atoms with Gasteiger partial charge in [0.15, 0.2) is 0 Å². The summed E-state index contributed by atoms with van der Waals surface area (Å²) in [5.74, 6) is 0. The lowest BCUT2D eigenvalue weighted by Crippen LogP contribution is -2.49. The predicted molar refractivity (Wildman–Crippen MR) is 68.6 cm³/mol. The molecule has 1 saturated carbocycles. The van der Waals surface area contributed by atoms with Crippen molar-refractivity contribution in [2.24, 2.45) is 5.73 Å². The molecule has 1 saturated heterocycles. The maximum atomic E-state index is 5.52. The minimum atomic E-state index is 0.849. The molecule has 0 bridgehead atoms. The van der Waals surface area contributed by atoms with Crippen molar-refractivity contribution >= 4 is 0 Å². The lowest BCUT2D eigenvalue weighted by Gasteiger charge is -2.38. The van der Waals surface area contributed by atoms with Crippen molar-refractivity contribution in [3.63, 3.8) is 0 Å². The molecule has 0 unspecified atom stereocenters. The molecule has 1 aliphatic heterocycles. The molecule has 1 heterocycles. The highest BCUT2D eigenvalue weighted by molar-refractivity contribution is 4.81. The molecular formula is C13H27N3. The summed E-state index contributed by atoms with van der Waals surface area (Å²) >= 11 is 0. The van der Waals surface area contributed by atoms with Crippen LogP contribution in [0.15, 0.2) is 0 Å². The number of rotatable bonds is 5. The molecule has 2 N–H and O–H groups in total. The van der Waals surface area contributed by atoms with Crippen LogP contribution in [0.25, 0.3) is 0 Å². The van der Waals surface area contributed by atoms with Crippen LogP contribution in [-0.2, 0) is 0 Å². The van der Waals surface area contributed by atoms with Crippen molar-refractivity contribution in [1.82, 2.24) is 9.80 Å². The van der Waals surface area contributed by atoms with E-state index < -0.39 is 0 Å². The van der Waals surface area contributed by atoms with Crippen LogP contribution in [0.3, 0.4) is 0 Å². The maximum absolute atomic E-state index is 5.52. The normalized spacial score (nSPS) is 25.3. The third kappa shape index (κ3) is 3.44. The third-order valence-electron chi connectivity index (χ3n) is 4.18. The number of nitrogens with zero attached hydrogens (tertiary/aromatic N) is 2. The Morgan fingerprint density at radius 1 is 0.938 bits per heavy atom. The van der Waals surface area contributed by atoms with Crippen molar-refractivity contribution in [3.05, 3.63) is 0 Å². The molecule has 0 aromatic heterocycles. The molecule has 0 radical (unpaired) electrons. The van der Waals surface area contributed by atoms with E-state index in [0.29, 0.717) is 0 Å². The van der Waals surface area contributed by atoms with Crippen LogP contribution in [-0.4, -0.2) is 55.1 Å². The molecule has 0 spiro atoms. The lowest BCUT2D eigenvalue weighted by atomic mass is 10.1. The van der Waals surface area contributed by atoms with Crippen molar-refractivity contribution in [3.8, 4) is 0 Å². The molecular weight excluding hydrogens is 198 g/mol. The summed E-state index contributed by atoms with van der Waals surface area (Å²) in [4.78, 5) is 5.34. The Morgan fingerprint density at radius 3 is 2.25 bits per heavy atom. The molecule has 3 nitrogen and oxygen atoms in total. The standard InChI is InChI=1S/C13H27N3/c14-7-3-4-8-15-9-11-16(12-10-15)13-5-1-2-6-13/h13H,1-12,14H2. The summed E-state index contributed by atoms with van der Waals surface area (Å²) in [5.41, 5.74) is 5.52. The van der Waals surface area contributed by atoms with Crippen LogP contribution in [0.1, 0.15) is 38.5 Å². The van der Waals surface area contributed by atoms with Crippen LogP contribution < -0.4 is 5.73 Å². The molecule has 94 valence electrons. The molecule has 16 heavy (non-hydrogen) atoms. The summed E-state index contributed by atoms with van der Waals surface area (Å²) < 4.78 is 0. The third-order valence-corrected chi connectivity index (χ3v) is 4.18. The molecule has 1 aliphatic carbocycles. The number of hydrogen-bond acceptors (Lipinski definition) is 3. The summed E-state index contributed by atoms with van der Waals surface area (Å²) in [5, 5.41) is 0. The average Bonchev–Trinajstić information content (AvgIpc) is 2.84. The molecule has 2 rings (SSSR count). The highest BCUT2D eigenvalue weighted by Gasteiger charge is 2.25. The number of nitrogens with two attached hydrogens (primary N) is 1. The number of piperazine rings is 1. The first kappa shape index (κ1) is 12.3. The fourth-order valence-electron chi connectivity index (χ4n) is 3.10. The van der Waals surface area contributed by atoms with E-state index in [9.17, 15) is 0 Å². The Labute approximate surface area is 100.0 Å². The molecule has 3 heteroatoms. The first-order valence-electron chi connectivity index (χ1n) is 7.06. The highest BCUT2D eigenvalue weighted by Crippen LogP contribution is 2.24. The smallest absolute Gasteiger partial charge is 0.0113 e. The molecule has 2 fully saturated rings. The Bertz CT molecular complexity index is 182. The Hall–Kier alpha value is -0.120. The largest absolute Gasteiger partial charge is 0.330 e. The van der Waals surface area contributed by atoms with E-state index in [2.05, 4.69) is 9.80 Å². The summed E-state index contributed by atoms with van der Waals surface area (Å²) in [6.45, 7) is 7.26. The zero-order valence-electron chi connectivity index (χ0n) is 10.5. The van der Waals surface area contributed by atoms with Crippen LogP contribution >= 0.6 is 0 Å². The van der Waals surface area contributed by atoms with Crippen molar-refractivity contribution < 1.29 is 0 Å². The molecule has 0 aromatic carbocycles. The van der Waals surface area contributed by atoms with Crippen LogP contribution in [0.5, 0.6) is 0 Å². The van der Waals surface area contributed by atoms with E-state index in [4.69, 9.17) is 5.73 Å². The first-order chi connectivity index (χ1) is 7.90. The van der Waals surface area contributed by atoms with Gasteiger partial charge >= 0.3 is 0 Å². The van der Waals surface area contributed by atoms with Gasteiger partial charge in [0, 0.05) is 32.2 Å². The monoisotopic (exact) mass is 225 g/mol. The van der Waals surface area contributed by atoms with Gasteiger partial charge in [-0.25, -0.2) is 0 Å². The van der Waals surface area contributed by atoms with Gasteiger partial charge < -0.3 is 10.6 Å². The highest BCUT2D eigenvalue weighted by atomic mass is 15.3. The summed E-state index contributed by atoms with van der Waals surface area (Å²) in [6.07, 6.45) is 8.28. The molecule has 0 atom stereocenters. The van der Waals surface area contributed by atoms with Gasteiger partial charge in [0.25, 0.3) is 0 Å². The Kier molecular flexibility index (Phi) is 5.07. The van der Waals surface area contributed by atoms with Crippen LogP contribution in [0.4, 0.5) is 0 Å². The quantitative estimate of drug-likeness (QED) is 0.716. The van der Waals surface area contributed by atoms with Gasteiger partial charge in [-0.2, -0.15) is 0 Å². The first-order valence-corrected chi connectivity index (χ1v) is 7.06. The second-order valence-electron chi connectivity index (χ2n) is 5.31. The minimum absolute atomic E-state index is 0.849. The van der Waals surface area contributed by atoms with E-state index >= 15 is 0 Å². The second kappa shape index (κ2) is 6.58. The topological polar surface area (TPSA) is 32.5 Å². The number of unbranched alkanes of at least 4 members (excludes halogenated alkanes) is 1. The van der Waals surface area contributed by atoms with E-state index in [1.54, 1.807) is 0 Å². The van der Waals surface area contributed by atoms with Crippen LogP contribution in [0, 0.1) is 0 Å². The van der Waals surface area contributed by atoms with Gasteiger partial charge in [0.2, 0.25) is 0 Å². The minimum Gasteiger partial charge on any atom is -0.330 e. The van der Waals surface area contributed by atoms with Crippen molar-refractivity contribution in [1.29, 1.82) is 0 Å². The van der Waals surface area contributed by atoms with Gasteiger partial charge in [-0.05, 0) is 38.8 Å². The number of hydrogen-bond donors (Lipinski definition) is 1. The Morgan fingerprint density at radius 2 is 1.62 bits per heavy atom. The van der Waals surface area contributed by atoms with Crippen molar-refractivity contribution in [2.45, 2.75) is 44.6 Å². The van der Waals surface area contributed by atoms with Gasteiger partial charge in [-0.1, -0.05) is 12.8 Å². The summed E-state index contributed by atoms with van der Waals surface area (Å²) in [7, 11) is 0. The Balaban J connectivity index is 1.62. The maximum Gasteiger partial charge on any atom is 0.0113 e. The van der Waals surface area contributed by atoms with Crippen LogP contribution in [0.2, 0.25) is 0 Å². The summed E-state index contributed by atoms with van der Waals surface area (Å²) in [6, 6.07) is 0.922. The lowest BCUT2D eigenvalue weighted by molar-refractivity contribution is 0.0970. The zero-order valence-corrected chi connectivity index (χ0v) is 10.5. The predicted octanol–water partition coefficient (Wildman–Crippen LogP) is 1.29. The van der Waals surface area contributed by atoms with E-state index in [1.165, 1.54) is 71.2 Å². The van der Waals surface area contributed by atoms with Gasteiger partial charge in [-0.15, -0.1) is 0 Å². The molecule has 0 aromatic rings. The van der Waals surface area contributed by atoms with E-state index in [-0.39, 0.29) is 0 Å². The fourth-order valence-corrected chi connectivity index (χ4v) is 3.10. The van der Waals surface area contributed by atoms with Crippen molar-refractivity contribution in [2.75, 3.05) is 39.3 Å². The SMILES string of the molecule is NCCCCN1CCN(C2CCCC2)CC1. The van der Waals surface area contributed by atoms with Gasteiger partial charge in [0.1, 0.15) is 0 Å². The molecule has 2 aliphatic rings. The van der Waals surface area contributed by atoms with E-state index in [0.717, 1.165) is 12.6 Å². The van der Waals surface area contributed by atoms with Gasteiger partial charge in [0.05, 0.1) is 0 Å². The average molecular weight is 225 g/mol. The van der Waals surface area contributed by atoms with E-state index in [1.807, 2.05) is 0 Å². The fraction of sp³-hybridized carbons (Fsp3) is 1.00. The zero-order chi connectivity index (χ0) is 11.2.